The first-order valence-electron chi connectivity index (χ1n) is 6.09. The van der Waals surface area contributed by atoms with Crippen LogP contribution >= 0.6 is 11.6 Å². The summed E-state index contributed by atoms with van der Waals surface area (Å²) in [5.41, 5.74) is 2.34. The van der Waals surface area contributed by atoms with Gasteiger partial charge in [0.1, 0.15) is 11.9 Å². The SMILES string of the molecule is Cc1cc(C)cc(OC(C)CNC(=O)CCCl)c1. The number of nitrogens with one attached hydrogen (secondary N) is 1. The van der Waals surface area contributed by atoms with E-state index in [1.54, 1.807) is 0 Å². The Labute approximate surface area is 113 Å². The average molecular weight is 270 g/mol. The molecule has 0 saturated heterocycles. The molecule has 0 spiro atoms. The van der Waals surface area contributed by atoms with Gasteiger partial charge in [-0.3, -0.25) is 4.79 Å². The molecule has 0 aliphatic carbocycles. The maximum Gasteiger partial charge on any atom is 0.221 e. The van der Waals surface area contributed by atoms with E-state index in [2.05, 4.69) is 11.4 Å². The Hall–Kier alpha value is -1.22. The van der Waals surface area contributed by atoms with Gasteiger partial charge < -0.3 is 10.1 Å². The lowest BCUT2D eigenvalue weighted by Crippen LogP contribution is -2.33. The molecule has 1 atom stereocenters. The van der Waals surface area contributed by atoms with Crippen molar-refractivity contribution >= 4 is 17.5 Å². The Balaban J connectivity index is 2.44. The fourth-order valence-electron chi connectivity index (χ4n) is 1.71. The van der Waals surface area contributed by atoms with Crippen molar-refractivity contribution < 1.29 is 9.53 Å². The van der Waals surface area contributed by atoms with E-state index in [-0.39, 0.29) is 12.0 Å². The third-order valence-corrected chi connectivity index (χ3v) is 2.63. The van der Waals surface area contributed by atoms with Gasteiger partial charge in [0.25, 0.3) is 0 Å². The number of ether oxygens (including phenoxy) is 1. The van der Waals surface area contributed by atoms with Gasteiger partial charge in [0.15, 0.2) is 0 Å². The van der Waals surface area contributed by atoms with E-state index in [1.165, 1.54) is 11.1 Å². The Morgan fingerprint density at radius 3 is 2.50 bits per heavy atom. The highest BCUT2D eigenvalue weighted by Crippen LogP contribution is 2.17. The van der Waals surface area contributed by atoms with E-state index in [1.807, 2.05) is 32.9 Å². The number of alkyl halides is 1. The molecule has 1 aromatic carbocycles. The van der Waals surface area contributed by atoms with E-state index in [0.29, 0.717) is 18.8 Å². The van der Waals surface area contributed by atoms with Gasteiger partial charge in [-0.05, 0) is 44.0 Å². The summed E-state index contributed by atoms with van der Waals surface area (Å²) in [6.45, 7) is 6.49. The first kappa shape index (κ1) is 14.8. The van der Waals surface area contributed by atoms with Gasteiger partial charge in [0.05, 0.1) is 6.54 Å². The molecule has 0 saturated carbocycles. The molecule has 3 nitrogen and oxygen atoms in total. The Kier molecular flexibility index (Phi) is 5.99. The van der Waals surface area contributed by atoms with E-state index in [4.69, 9.17) is 16.3 Å². The van der Waals surface area contributed by atoms with Crippen LogP contribution in [-0.2, 0) is 4.79 Å². The normalized spacial score (nSPS) is 12.0. The van der Waals surface area contributed by atoms with Crippen LogP contribution in [0.15, 0.2) is 18.2 Å². The summed E-state index contributed by atoms with van der Waals surface area (Å²) in [7, 11) is 0. The summed E-state index contributed by atoms with van der Waals surface area (Å²) in [6, 6.07) is 6.08. The van der Waals surface area contributed by atoms with Crippen LogP contribution in [0.5, 0.6) is 5.75 Å². The molecule has 0 aromatic heterocycles. The maximum absolute atomic E-state index is 11.3. The van der Waals surface area contributed by atoms with E-state index in [9.17, 15) is 4.79 Å². The number of amides is 1. The second-order valence-electron chi connectivity index (χ2n) is 4.49. The highest BCUT2D eigenvalue weighted by atomic mass is 35.5. The van der Waals surface area contributed by atoms with Crippen LogP contribution in [0.1, 0.15) is 24.5 Å². The van der Waals surface area contributed by atoms with Crippen LogP contribution in [0.25, 0.3) is 0 Å². The highest BCUT2D eigenvalue weighted by Gasteiger charge is 2.07. The zero-order valence-corrected chi connectivity index (χ0v) is 11.9. The summed E-state index contributed by atoms with van der Waals surface area (Å²) in [6.07, 6.45) is 0.281. The lowest BCUT2D eigenvalue weighted by Gasteiger charge is -2.16. The largest absolute Gasteiger partial charge is 0.489 e. The number of benzene rings is 1. The number of hydrogen-bond donors (Lipinski definition) is 1. The van der Waals surface area contributed by atoms with Gasteiger partial charge in [0.2, 0.25) is 5.91 Å². The summed E-state index contributed by atoms with van der Waals surface area (Å²) in [5.74, 6) is 1.14. The second-order valence-corrected chi connectivity index (χ2v) is 4.87. The predicted octanol–water partition coefficient (Wildman–Crippen LogP) is 2.82. The van der Waals surface area contributed by atoms with Gasteiger partial charge in [-0.1, -0.05) is 6.07 Å². The van der Waals surface area contributed by atoms with Crippen molar-refractivity contribution in [3.05, 3.63) is 29.3 Å². The van der Waals surface area contributed by atoms with Crippen molar-refractivity contribution in [3.8, 4) is 5.75 Å². The zero-order chi connectivity index (χ0) is 13.5. The van der Waals surface area contributed by atoms with Crippen LogP contribution in [-0.4, -0.2) is 24.4 Å². The Morgan fingerprint density at radius 2 is 1.94 bits per heavy atom. The van der Waals surface area contributed by atoms with Crippen molar-refractivity contribution in [3.63, 3.8) is 0 Å². The minimum absolute atomic E-state index is 0.0409. The predicted molar refractivity (Wildman–Crippen MR) is 74.4 cm³/mol. The fourth-order valence-corrected chi connectivity index (χ4v) is 1.88. The van der Waals surface area contributed by atoms with E-state index < -0.39 is 0 Å². The number of carbonyl (C=O) groups is 1. The third kappa shape index (κ3) is 5.41. The minimum Gasteiger partial charge on any atom is -0.489 e. The van der Waals surface area contributed by atoms with Crippen molar-refractivity contribution in [2.75, 3.05) is 12.4 Å². The average Bonchev–Trinajstić information content (AvgIpc) is 2.25. The maximum atomic E-state index is 11.3. The first-order chi connectivity index (χ1) is 8.51. The molecule has 0 fully saturated rings. The van der Waals surface area contributed by atoms with Crippen molar-refractivity contribution in [2.45, 2.75) is 33.3 Å². The van der Waals surface area contributed by atoms with E-state index >= 15 is 0 Å². The smallest absolute Gasteiger partial charge is 0.221 e. The summed E-state index contributed by atoms with van der Waals surface area (Å²) in [5, 5.41) is 2.78. The number of rotatable bonds is 6. The summed E-state index contributed by atoms with van der Waals surface area (Å²) < 4.78 is 5.76. The van der Waals surface area contributed by atoms with Crippen molar-refractivity contribution in [1.82, 2.24) is 5.32 Å². The van der Waals surface area contributed by atoms with Crippen molar-refractivity contribution in [2.24, 2.45) is 0 Å². The lowest BCUT2D eigenvalue weighted by atomic mass is 10.1. The van der Waals surface area contributed by atoms with Crippen molar-refractivity contribution in [1.29, 1.82) is 0 Å². The Morgan fingerprint density at radius 1 is 1.33 bits per heavy atom. The zero-order valence-electron chi connectivity index (χ0n) is 11.1. The molecule has 1 aromatic rings. The molecule has 1 rings (SSSR count). The van der Waals surface area contributed by atoms with E-state index in [0.717, 1.165) is 5.75 Å². The standard InChI is InChI=1S/C14H20ClNO2/c1-10-6-11(2)8-13(7-10)18-12(3)9-16-14(17)4-5-15/h6-8,12H,4-5,9H2,1-3H3,(H,16,17). The van der Waals surface area contributed by atoms with Crippen LogP contribution in [0.2, 0.25) is 0 Å². The number of halogens is 1. The van der Waals surface area contributed by atoms with Crippen LogP contribution in [0.3, 0.4) is 0 Å². The quantitative estimate of drug-likeness (QED) is 0.807. The molecule has 0 radical (unpaired) electrons. The van der Waals surface area contributed by atoms with Gasteiger partial charge in [-0.2, -0.15) is 0 Å². The molecule has 1 N–H and O–H groups in total. The molecule has 18 heavy (non-hydrogen) atoms. The Bertz CT molecular complexity index is 387. The summed E-state index contributed by atoms with van der Waals surface area (Å²) in [4.78, 5) is 11.3. The number of aryl methyl sites for hydroxylation is 2. The topological polar surface area (TPSA) is 38.3 Å². The second kappa shape index (κ2) is 7.27. The lowest BCUT2D eigenvalue weighted by molar-refractivity contribution is -0.121. The molecule has 0 bridgehead atoms. The molecular formula is C14H20ClNO2. The molecular weight excluding hydrogens is 250 g/mol. The number of carbonyl (C=O) groups excluding carboxylic acids is 1. The molecule has 0 aliphatic rings. The van der Waals surface area contributed by atoms with Crippen LogP contribution < -0.4 is 10.1 Å². The van der Waals surface area contributed by atoms with Gasteiger partial charge >= 0.3 is 0 Å². The summed E-state index contributed by atoms with van der Waals surface area (Å²) >= 11 is 5.48. The molecule has 1 amide bonds. The molecule has 0 heterocycles. The molecule has 0 aliphatic heterocycles. The van der Waals surface area contributed by atoms with Gasteiger partial charge in [0, 0.05) is 12.3 Å². The van der Waals surface area contributed by atoms with Gasteiger partial charge in [-0.25, -0.2) is 0 Å². The van der Waals surface area contributed by atoms with Gasteiger partial charge in [-0.15, -0.1) is 11.6 Å². The minimum atomic E-state index is -0.0644. The van der Waals surface area contributed by atoms with Crippen LogP contribution in [0, 0.1) is 13.8 Å². The molecule has 100 valence electrons. The van der Waals surface area contributed by atoms with Crippen LogP contribution in [0.4, 0.5) is 0 Å². The highest BCUT2D eigenvalue weighted by molar-refractivity contribution is 6.18. The monoisotopic (exact) mass is 269 g/mol. The first-order valence-corrected chi connectivity index (χ1v) is 6.62. The molecule has 1 unspecified atom stereocenters. The fraction of sp³-hybridized carbons (Fsp3) is 0.500. The number of hydrogen-bond acceptors (Lipinski definition) is 2. The molecule has 4 heteroatoms. The third-order valence-electron chi connectivity index (χ3n) is 2.44.